The Morgan fingerprint density at radius 3 is 2.76 bits per heavy atom. The molecule has 0 spiro atoms. The van der Waals surface area contributed by atoms with Gasteiger partial charge in [0, 0.05) is 18.9 Å². The molecule has 0 aliphatic carbocycles. The van der Waals surface area contributed by atoms with Gasteiger partial charge in [0.2, 0.25) is 0 Å². The molecule has 0 saturated carbocycles. The summed E-state index contributed by atoms with van der Waals surface area (Å²) in [6, 6.07) is 6.42. The summed E-state index contributed by atoms with van der Waals surface area (Å²) >= 11 is 0. The SMILES string of the molecule is Cc1cc(O)ccc1NC(=O)c1ccn(C)n1. The Labute approximate surface area is 98.7 Å². The smallest absolute Gasteiger partial charge is 0.276 e. The van der Waals surface area contributed by atoms with Crippen molar-refractivity contribution in [2.45, 2.75) is 6.92 Å². The van der Waals surface area contributed by atoms with E-state index in [2.05, 4.69) is 10.4 Å². The van der Waals surface area contributed by atoms with E-state index in [0.717, 1.165) is 5.56 Å². The van der Waals surface area contributed by atoms with Gasteiger partial charge in [-0.3, -0.25) is 9.48 Å². The van der Waals surface area contributed by atoms with Crippen LogP contribution < -0.4 is 5.32 Å². The molecule has 0 radical (unpaired) electrons. The van der Waals surface area contributed by atoms with Gasteiger partial charge in [-0.15, -0.1) is 0 Å². The first-order valence-electron chi connectivity index (χ1n) is 5.17. The lowest BCUT2D eigenvalue weighted by Gasteiger charge is -2.07. The van der Waals surface area contributed by atoms with Crippen LogP contribution in [0.1, 0.15) is 16.1 Å². The number of phenolic OH excluding ortho intramolecular Hbond substituents is 1. The summed E-state index contributed by atoms with van der Waals surface area (Å²) in [6.07, 6.45) is 1.71. The molecule has 0 aliphatic heterocycles. The quantitative estimate of drug-likeness (QED) is 0.773. The second-order valence-corrected chi connectivity index (χ2v) is 3.83. The van der Waals surface area contributed by atoms with Crippen LogP contribution in [0.15, 0.2) is 30.5 Å². The number of nitrogens with zero attached hydrogens (tertiary/aromatic N) is 2. The van der Waals surface area contributed by atoms with Crippen molar-refractivity contribution in [2.75, 3.05) is 5.32 Å². The molecule has 5 heteroatoms. The molecule has 0 aliphatic rings. The molecule has 1 aromatic heterocycles. The van der Waals surface area contributed by atoms with E-state index < -0.39 is 0 Å². The molecule has 88 valence electrons. The number of aryl methyl sites for hydroxylation is 2. The maximum absolute atomic E-state index is 11.8. The average molecular weight is 231 g/mol. The number of nitrogens with one attached hydrogen (secondary N) is 1. The summed E-state index contributed by atoms with van der Waals surface area (Å²) in [5.74, 6) is -0.0854. The third kappa shape index (κ3) is 2.44. The van der Waals surface area contributed by atoms with Gasteiger partial charge in [-0.1, -0.05) is 0 Å². The highest BCUT2D eigenvalue weighted by molar-refractivity contribution is 6.03. The van der Waals surface area contributed by atoms with Crippen molar-refractivity contribution in [3.8, 4) is 5.75 Å². The average Bonchev–Trinajstić information content (AvgIpc) is 2.69. The van der Waals surface area contributed by atoms with Crippen molar-refractivity contribution >= 4 is 11.6 Å². The molecule has 5 nitrogen and oxygen atoms in total. The lowest BCUT2D eigenvalue weighted by Crippen LogP contribution is -2.13. The van der Waals surface area contributed by atoms with Gasteiger partial charge in [0.15, 0.2) is 5.69 Å². The molecule has 1 amide bonds. The highest BCUT2D eigenvalue weighted by Crippen LogP contribution is 2.20. The molecular weight excluding hydrogens is 218 g/mol. The Kier molecular flexibility index (Phi) is 2.82. The summed E-state index contributed by atoms with van der Waals surface area (Å²) in [7, 11) is 1.75. The van der Waals surface area contributed by atoms with Crippen molar-refractivity contribution in [3.63, 3.8) is 0 Å². The van der Waals surface area contributed by atoms with Gasteiger partial charge in [0.1, 0.15) is 5.75 Å². The van der Waals surface area contributed by atoms with Crippen molar-refractivity contribution < 1.29 is 9.90 Å². The summed E-state index contributed by atoms with van der Waals surface area (Å²) in [5.41, 5.74) is 1.83. The molecule has 2 N–H and O–H groups in total. The van der Waals surface area contributed by atoms with Crippen molar-refractivity contribution in [2.24, 2.45) is 7.05 Å². The topological polar surface area (TPSA) is 67.2 Å². The zero-order valence-electron chi connectivity index (χ0n) is 9.64. The van der Waals surface area contributed by atoms with Gasteiger partial charge < -0.3 is 10.4 Å². The van der Waals surface area contributed by atoms with Crippen molar-refractivity contribution in [1.29, 1.82) is 0 Å². The van der Waals surface area contributed by atoms with E-state index in [9.17, 15) is 9.90 Å². The van der Waals surface area contributed by atoms with Gasteiger partial charge in [-0.2, -0.15) is 5.10 Å². The standard InChI is InChI=1S/C12H13N3O2/c1-8-7-9(16)3-4-10(8)13-12(17)11-5-6-15(2)14-11/h3-7,16H,1-2H3,(H,13,17). The second kappa shape index (κ2) is 4.29. The maximum Gasteiger partial charge on any atom is 0.276 e. The van der Waals surface area contributed by atoms with E-state index in [1.54, 1.807) is 36.1 Å². The number of aromatic nitrogens is 2. The molecule has 1 heterocycles. The Balaban J connectivity index is 2.18. The number of carbonyl (C=O) groups excluding carboxylic acids is 1. The molecule has 0 unspecified atom stereocenters. The minimum absolute atomic E-state index is 0.179. The first kappa shape index (κ1) is 11.2. The monoisotopic (exact) mass is 231 g/mol. The predicted octanol–water partition coefficient (Wildman–Crippen LogP) is 1.69. The third-order valence-corrected chi connectivity index (χ3v) is 2.40. The fourth-order valence-corrected chi connectivity index (χ4v) is 1.51. The molecule has 0 saturated heterocycles. The molecular formula is C12H13N3O2. The highest BCUT2D eigenvalue weighted by Gasteiger charge is 2.10. The van der Waals surface area contributed by atoms with Crippen LogP contribution in [0.25, 0.3) is 0 Å². The van der Waals surface area contributed by atoms with Crippen LogP contribution in [0.5, 0.6) is 5.75 Å². The number of anilines is 1. The van der Waals surface area contributed by atoms with Crippen LogP contribution >= 0.6 is 0 Å². The van der Waals surface area contributed by atoms with Crippen LogP contribution in [0.4, 0.5) is 5.69 Å². The van der Waals surface area contributed by atoms with Gasteiger partial charge in [0.05, 0.1) is 0 Å². The normalized spacial score (nSPS) is 10.2. The van der Waals surface area contributed by atoms with E-state index in [4.69, 9.17) is 0 Å². The lowest BCUT2D eigenvalue weighted by molar-refractivity contribution is 0.102. The van der Waals surface area contributed by atoms with Crippen molar-refractivity contribution in [1.82, 2.24) is 9.78 Å². The van der Waals surface area contributed by atoms with E-state index in [1.807, 2.05) is 6.92 Å². The minimum Gasteiger partial charge on any atom is -0.508 e. The Morgan fingerprint density at radius 1 is 1.41 bits per heavy atom. The molecule has 1 aromatic carbocycles. The molecule has 0 atom stereocenters. The largest absolute Gasteiger partial charge is 0.508 e. The van der Waals surface area contributed by atoms with Gasteiger partial charge >= 0.3 is 0 Å². The summed E-state index contributed by atoms with van der Waals surface area (Å²) in [6.45, 7) is 1.81. The number of amides is 1. The summed E-state index contributed by atoms with van der Waals surface area (Å²) in [5, 5.41) is 16.0. The molecule has 2 rings (SSSR count). The van der Waals surface area contributed by atoms with Crippen LogP contribution in [-0.4, -0.2) is 20.8 Å². The fourth-order valence-electron chi connectivity index (χ4n) is 1.51. The first-order valence-corrected chi connectivity index (χ1v) is 5.17. The maximum atomic E-state index is 11.8. The van der Waals surface area contributed by atoms with Gasteiger partial charge in [-0.05, 0) is 36.8 Å². The Bertz CT molecular complexity index is 561. The lowest BCUT2D eigenvalue weighted by atomic mass is 10.2. The van der Waals surface area contributed by atoms with Gasteiger partial charge in [-0.25, -0.2) is 0 Å². The third-order valence-electron chi connectivity index (χ3n) is 2.40. The minimum atomic E-state index is -0.264. The van der Waals surface area contributed by atoms with Crippen LogP contribution in [0.2, 0.25) is 0 Å². The highest BCUT2D eigenvalue weighted by atomic mass is 16.3. The predicted molar refractivity (Wildman–Crippen MR) is 64.0 cm³/mol. The molecule has 2 aromatic rings. The van der Waals surface area contributed by atoms with Crippen LogP contribution in [-0.2, 0) is 7.05 Å². The number of aromatic hydroxyl groups is 1. The number of hydrogen-bond donors (Lipinski definition) is 2. The van der Waals surface area contributed by atoms with Crippen LogP contribution in [0.3, 0.4) is 0 Å². The first-order chi connectivity index (χ1) is 8.06. The second-order valence-electron chi connectivity index (χ2n) is 3.83. The van der Waals surface area contributed by atoms with Crippen LogP contribution in [0, 0.1) is 6.92 Å². The number of rotatable bonds is 2. The zero-order chi connectivity index (χ0) is 12.4. The number of carbonyl (C=O) groups is 1. The van der Waals surface area contributed by atoms with E-state index in [-0.39, 0.29) is 11.7 Å². The Morgan fingerprint density at radius 2 is 2.18 bits per heavy atom. The molecule has 0 fully saturated rings. The van der Waals surface area contributed by atoms with Crippen molar-refractivity contribution in [3.05, 3.63) is 41.7 Å². The fraction of sp³-hybridized carbons (Fsp3) is 0.167. The molecule has 17 heavy (non-hydrogen) atoms. The van der Waals surface area contributed by atoms with E-state index in [1.165, 1.54) is 6.07 Å². The number of phenols is 1. The van der Waals surface area contributed by atoms with Gasteiger partial charge in [0.25, 0.3) is 5.91 Å². The van der Waals surface area contributed by atoms with E-state index in [0.29, 0.717) is 11.4 Å². The van der Waals surface area contributed by atoms with E-state index >= 15 is 0 Å². The summed E-state index contributed by atoms with van der Waals surface area (Å²) in [4.78, 5) is 11.8. The Hall–Kier alpha value is -2.30. The number of benzene rings is 1. The zero-order valence-corrected chi connectivity index (χ0v) is 9.64. The summed E-state index contributed by atoms with van der Waals surface area (Å²) < 4.78 is 1.57. The molecule has 0 bridgehead atoms. The number of hydrogen-bond acceptors (Lipinski definition) is 3.